The van der Waals surface area contributed by atoms with E-state index in [4.69, 9.17) is 4.74 Å². The summed E-state index contributed by atoms with van der Waals surface area (Å²) in [6, 6.07) is 2.42. The molecule has 1 fully saturated rings. The van der Waals surface area contributed by atoms with Gasteiger partial charge in [-0.3, -0.25) is 0 Å². The van der Waals surface area contributed by atoms with Crippen molar-refractivity contribution < 1.29 is 9.53 Å². The van der Waals surface area contributed by atoms with Gasteiger partial charge >= 0.3 is 5.97 Å². The van der Waals surface area contributed by atoms with Gasteiger partial charge in [-0.1, -0.05) is 0 Å². The Kier molecular flexibility index (Phi) is 5.77. The van der Waals surface area contributed by atoms with Gasteiger partial charge in [-0.15, -0.1) is 12.4 Å². The highest BCUT2D eigenvalue weighted by molar-refractivity contribution is 5.92. The number of ether oxygens (including phenoxy) is 1. The predicted octanol–water partition coefficient (Wildman–Crippen LogP) is 1.70. The van der Waals surface area contributed by atoms with E-state index < -0.39 is 0 Å². The second-order valence-corrected chi connectivity index (χ2v) is 5.05. The zero-order chi connectivity index (χ0) is 14.0. The number of rotatable bonds is 2. The van der Waals surface area contributed by atoms with Crippen LogP contribution in [0.2, 0.25) is 0 Å². The molecule has 0 amide bonds. The number of esters is 1. The number of carbonyl (C=O) groups is 1. The topological polar surface area (TPSA) is 54.5 Å². The molecule has 1 N–H and O–H groups in total. The Hall–Kier alpha value is -1.33. The molecule has 0 radical (unpaired) electrons. The fourth-order valence-corrected chi connectivity index (χ4v) is 2.52. The Bertz CT molecular complexity index is 470. The molecule has 1 aliphatic heterocycles. The molecule has 1 aromatic rings. The van der Waals surface area contributed by atoms with Crippen LogP contribution in [0.4, 0.5) is 5.82 Å². The summed E-state index contributed by atoms with van der Waals surface area (Å²) in [5.41, 5.74) is 2.23. The molecule has 0 unspecified atom stereocenters. The minimum absolute atomic E-state index is 0. The number of nitrogens with one attached hydrogen (secondary N) is 1. The van der Waals surface area contributed by atoms with Crippen LogP contribution in [0.1, 0.15) is 28.5 Å². The summed E-state index contributed by atoms with van der Waals surface area (Å²) in [5.74, 6) is 0.624. The molecule has 2 heterocycles. The highest BCUT2D eigenvalue weighted by Gasteiger charge is 2.20. The van der Waals surface area contributed by atoms with Crippen LogP contribution >= 0.6 is 12.4 Å². The Balaban J connectivity index is 0.00000200. The number of hydrogen-bond acceptors (Lipinski definition) is 5. The summed E-state index contributed by atoms with van der Waals surface area (Å²) in [5, 5.41) is 3.41. The second kappa shape index (κ2) is 6.90. The van der Waals surface area contributed by atoms with E-state index in [-0.39, 0.29) is 18.4 Å². The summed E-state index contributed by atoms with van der Waals surface area (Å²) in [6.45, 7) is 8.77. The number of halogens is 1. The number of anilines is 1. The molecule has 0 aliphatic carbocycles. The molecule has 1 aliphatic rings. The van der Waals surface area contributed by atoms with Gasteiger partial charge in [-0.05, 0) is 32.4 Å². The van der Waals surface area contributed by atoms with Crippen LogP contribution in [-0.4, -0.2) is 43.7 Å². The van der Waals surface area contributed by atoms with Gasteiger partial charge in [-0.25, -0.2) is 9.78 Å². The van der Waals surface area contributed by atoms with Crippen molar-refractivity contribution in [2.45, 2.75) is 26.8 Å². The number of pyridine rings is 1. The lowest BCUT2D eigenvalue weighted by Gasteiger charge is -2.33. The molecule has 0 aromatic carbocycles. The number of aryl methyl sites for hydroxylation is 2. The van der Waals surface area contributed by atoms with Crippen molar-refractivity contribution in [2.24, 2.45) is 0 Å². The van der Waals surface area contributed by atoms with E-state index in [0.29, 0.717) is 11.6 Å². The number of nitrogens with zero attached hydrogens (tertiary/aromatic N) is 2. The predicted molar refractivity (Wildman–Crippen MR) is 82.0 cm³/mol. The van der Waals surface area contributed by atoms with E-state index in [2.05, 4.69) is 22.1 Å². The SMILES string of the molecule is COC(=O)c1c(C)cc(N2CCN[C@H](C)C2)nc1C.Cl. The first-order valence-electron chi connectivity index (χ1n) is 6.57. The number of methoxy groups -OCH3 is 1. The monoisotopic (exact) mass is 299 g/mol. The maximum Gasteiger partial charge on any atom is 0.339 e. The lowest BCUT2D eigenvalue weighted by Crippen LogP contribution is -2.49. The van der Waals surface area contributed by atoms with Crippen LogP contribution in [-0.2, 0) is 4.74 Å². The summed E-state index contributed by atoms with van der Waals surface area (Å²) in [4.78, 5) is 18.5. The number of hydrogen-bond donors (Lipinski definition) is 1. The van der Waals surface area contributed by atoms with Crippen LogP contribution < -0.4 is 10.2 Å². The minimum atomic E-state index is -0.317. The average molecular weight is 300 g/mol. The van der Waals surface area contributed by atoms with Gasteiger partial charge in [0.2, 0.25) is 0 Å². The van der Waals surface area contributed by atoms with Crippen LogP contribution in [0.5, 0.6) is 0 Å². The lowest BCUT2D eigenvalue weighted by molar-refractivity contribution is 0.0598. The van der Waals surface area contributed by atoms with Gasteiger partial charge in [0.05, 0.1) is 18.4 Å². The highest BCUT2D eigenvalue weighted by Crippen LogP contribution is 2.21. The van der Waals surface area contributed by atoms with Crippen LogP contribution in [0.3, 0.4) is 0 Å². The zero-order valence-electron chi connectivity index (χ0n) is 12.4. The van der Waals surface area contributed by atoms with Gasteiger partial charge in [0.1, 0.15) is 5.82 Å². The Labute approximate surface area is 126 Å². The van der Waals surface area contributed by atoms with Crippen molar-refractivity contribution in [1.82, 2.24) is 10.3 Å². The number of carbonyl (C=O) groups excluding carboxylic acids is 1. The lowest BCUT2D eigenvalue weighted by atomic mass is 10.1. The molecule has 0 saturated carbocycles. The molecule has 112 valence electrons. The van der Waals surface area contributed by atoms with E-state index in [0.717, 1.165) is 36.7 Å². The Morgan fingerprint density at radius 1 is 1.50 bits per heavy atom. The first kappa shape index (κ1) is 16.7. The summed E-state index contributed by atoms with van der Waals surface area (Å²) < 4.78 is 4.80. The first-order chi connectivity index (χ1) is 9.02. The largest absolute Gasteiger partial charge is 0.465 e. The highest BCUT2D eigenvalue weighted by atomic mass is 35.5. The fraction of sp³-hybridized carbons (Fsp3) is 0.571. The van der Waals surface area contributed by atoms with E-state index >= 15 is 0 Å². The van der Waals surface area contributed by atoms with Gasteiger partial charge in [0.15, 0.2) is 0 Å². The van der Waals surface area contributed by atoms with Gasteiger partial charge in [-0.2, -0.15) is 0 Å². The molecular weight excluding hydrogens is 278 g/mol. The average Bonchev–Trinajstić information content (AvgIpc) is 2.37. The molecule has 2 rings (SSSR count). The maximum atomic E-state index is 11.7. The van der Waals surface area contributed by atoms with E-state index in [1.807, 2.05) is 19.9 Å². The molecule has 1 atom stereocenters. The molecule has 6 heteroatoms. The molecule has 1 aromatic heterocycles. The van der Waals surface area contributed by atoms with Crippen molar-refractivity contribution in [3.8, 4) is 0 Å². The molecule has 1 saturated heterocycles. The summed E-state index contributed by atoms with van der Waals surface area (Å²) in [7, 11) is 1.40. The zero-order valence-corrected chi connectivity index (χ0v) is 13.2. The Morgan fingerprint density at radius 2 is 2.20 bits per heavy atom. The summed E-state index contributed by atoms with van der Waals surface area (Å²) >= 11 is 0. The van der Waals surface area contributed by atoms with Crippen molar-refractivity contribution in [1.29, 1.82) is 0 Å². The first-order valence-corrected chi connectivity index (χ1v) is 6.57. The van der Waals surface area contributed by atoms with Crippen molar-refractivity contribution in [3.63, 3.8) is 0 Å². The molecular formula is C14H22ClN3O2. The molecule has 20 heavy (non-hydrogen) atoms. The van der Waals surface area contributed by atoms with Crippen molar-refractivity contribution >= 4 is 24.2 Å². The third kappa shape index (κ3) is 3.41. The normalized spacial score (nSPS) is 18.4. The van der Waals surface area contributed by atoms with Crippen molar-refractivity contribution in [2.75, 3.05) is 31.6 Å². The van der Waals surface area contributed by atoms with Crippen LogP contribution in [0.15, 0.2) is 6.07 Å². The molecule has 0 spiro atoms. The van der Waals surface area contributed by atoms with Crippen LogP contribution in [0.25, 0.3) is 0 Å². The second-order valence-electron chi connectivity index (χ2n) is 5.05. The molecule has 0 bridgehead atoms. The maximum absolute atomic E-state index is 11.7. The van der Waals surface area contributed by atoms with E-state index in [9.17, 15) is 4.79 Å². The fourth-order valence-electron chi connectivity index (χ4n) is 2.52. The van der Waals surface area contributed by atoms with Gasteiger partial charge in [0, 0.05) is 25.7 Å². The van der Waals surface area contributed by atoms with Crippen LogP contribution in [0, 0.1) is 13.8 Å². The summed E-state index contributed by atoms with van der Waals surface area (Å²) in [6.07, 6.45) is 0. The third-order valence-electron chi connectivity index (χ3n) is 3.47. The van der Waals surface area contributed by atoms with E-state index in [1.54, 1.807) is 0 Å². The minimum Gasteiger partial charge on any atom is -0.465 e. The third-order valence-corrected chi connectivity index (χ3v) is 3.47. The quantitative estimate of drug-likeness (QED) is 0.843. The molecule has 5 nitrogen and oxygen atoms in total. The number of aromatic nitrogens is 1. The van der Waals surface area contributed by atoms with E-state index in [1.165, 1.54) is 7.11 Å². The number of piperazine rings is 1. The smallest absolute Gasteiger partial charge is 0.339 e. The standard InChI is InChI=1S/C14H21N3O2.ClH/c1-9-7-12(17-6-5-15-10(2)8-17)16-11(3)13(9)14(18)19-4;/h7,10,15H,5-6,8H2,1-4H3;1H/t10-;/m1./s1. The van der Waals surface area contributed by atoms with Gasteiger partial charge in [0.25, 0.3) is 0 Å². The van der Waals surface area contributed by atoms with Gasteiger partial charge < -0.3 is 15.0 Å². The van der Waals surface area contributed by atoms with Crippen molar-refractivity contribution in [3.05, 3.63) is 22.9 Å². The Morgan fingerprint density at radius 3 is 2.75 bits per heavy atom.